The highest BCUT2D eigenvalue weighted by atomic mass is 35.5. The maximum Gasteiger partial charge on any atom is 0.134 e. The lowest BCUT2D eigenvalue weighted by molar-refractivity contribution is 0.641. The van der Waals surface area contributed by atoms with Crippen molar-refractivity contribution in [1.29, 1.82) is 0 Å². The zero-order valence-corrected chi connectivity index (χ0v) is 7.91. The van der Waals surface area contributed by atoms with Crippen LogP contribution in [0.1, 0.15) is 11.1 Å². The topological polar surface area (TPSA) is 24.9 Å². The van der Waals surface area contributed by atoms with E-state index in [0.29, 0.717) is 10.3 Å². The van der Waals surface area contributed by atoms with Crippen molar-refractivity contribution < 1.29 is 0 Å². The predicted molar refractivity (Wildman–Crippen MR) is 49.7 cm³/mol. The number of nitrogens with zero attached hydrogens (tertiary/aromatic N) is 1. The zero-order chi connectivity index (χ0) is 8.55. The molecule has 12 heavy (non-hydrogen) atoms. The first-order valence-electron chi connectivity index (χ1n) is 3.82. The van der Waals surface area contributed by atoms with Gasteiger partial charge in [0.2, 0.25) is 0 Å². The van der Waals surface area contributed by atoms with Crippen LogP contribution in [0.25, 0.3) is 0 Å². The molecule has 4 heteroatoms. The second kappa shape index (κ2) is 3.21. The Kier molecular flexibility index (Phi) is 2.22. The molecular formula is C8H8Cl2N2. The maximum atomic E-state index is 5.92. The van der Waals surface area contributed by atoms with Crippen LogP contribution in [0.15, 0.2) is 6.07 Å². The van der Waals surface area contributed by atoms with Gasteiger partial charge in [0.05, 0.1) is 0 Å². The van der Waals surface area contributed by atoms with E-state index in [2.05, 4.69) is 10.3 Å². The van der Waals surface area contributed by atoms with Crippen molar-refractivity contribution in [2.75, 3.05) is 6.54 Å². The molecule has 1 N–H and O–H groups in total. The van der Waals surface area contributed by atoms with Crippen molar-refractivity contribution in [1.82, 2.24) is 10.3 Å². The first kappa shape index (κ1) is 8.30. The van der Waals surface area contributed by atoms with Crippen LogP contribution in [0.3, 0.4) is 0 Å². The van der Waals surface area contributed by atoms with E-state index in [9.17, 15) is 0 Å². The summed E-state index contributed by atoms with van der Waals surface area (Å²) in [5.41, 5.74) is 2.31. The van der Waals surface area contributed by atoms with Crippen molar-refractivity contribution in [2.24, 2.45) is 0 Å². The molecule has 1 aliphatic rings. The van der Waals surface area contributed by atoms with Crippen LogP contribution < -0.4 is 5.32 Å². The molecule has 0 saturated heterocycles. The second-order valence-electron chi connectivity index (χ2n) is 2.80. The third-order valence-corrected chi connectivity index (χ3v) is 2.51. The van der Waals surface area contributed by atoms with Crippen LogP contribution in [0, 0.1) is 0 Å². The number of hydrogen-bond acceptors (Lipinski definition) is 2. The minimum atomic E-state index is 0.474. The summed E-state index contributed by atoms with van der Waals surface area (Å²) in [6, 6.07) is 1.87. The smallest absolute Gasteiger partial charge is 0.134 e. The minimum Gasteiger partial charge on any atom is -0.312 e. The summed E-state index contributed by atoms with van der Waals surface area (Å²) in [5, 5.41) is 4.28. The van der Waals surface area contributed by atoms with Crippen molar-refractivity contribution in [3.63, 3.8) is 0 Å². The highest BCUT2D eigenvalue weighted by molar-refractivity contribution is 6.33. The number of halogens is 2. The van der Waals surface area contributed by atoms with E-state index in [1.807, 2.05) is 6.07 Å². The lowest BCUT2D eigenvalue weighted by Gasteiger charge is -2.17. The van der Waals surface area contributed by atoms with Crippen LogP contribution >= 0.6 is 23.2 Å². The fourth-order valence-electron chi connectivity index (χ4n) is 1.41. The van der Waals surface area contributed by atoms with E-state index in [1.165, 1.54) is 5.56 Å². The molecule has 0 spiro atoms. The number of pyridine rings is 1. The van der Waals surface area contributed by atoms with Gasteiger partial charge in [0.1, 0.15) is 10.3 Å². The monoisotopic (exact) mass is 202 g/mol. The fraction of sp³-hybridized carbons (Fsp3) is 0.375. The van der Waals surface area contributed by atoms with Gasteiger partial charge in [-0.15, -0.1) is 0 Å². The van der Waals surface area contributed by atoms with E-state index in [4.69, 9.17) is 23.2 Å². The summed E-state index contributed by atoms with van der Waals surface area (Å²) < 4.78 is 0. The molecule has 1 aliphatic heterocycles. The Hall–Kier alpha value is -0.310. The molecule has 0 radical (unpaired) electrons. The predicted octanol–water partition coefficient (Wildman–Crippen LogP) is 2.03. The van der Waals surface area contributed by atoms with E-state index >= 15 is 0 Å². The lowest BCUT2D eigenvalue weighted by atomic mass is 10.0. The summed E-state index contributed by atoms with van der Waals surface area (Å²) in [7, 11) is 0. The molecule has 1 aromatic heterocycles. The molecule has 0 saturated carbocycles. The molecule has 64 valence electrons. The maximum absolute atomic E-state index is 5.92. The van der Waals surface area contributed by atoms with Crippen molar-refractivity contribution in [3.05, 3.63) is 27.5 Å². The van der Waals surface area contributed by atoms with Crippen LogP contribution in [0.5, 0.6) is 0 Å². The summed E-state index contributed by atoms with van der Waals surface area (Å²) in [4.78, 5) is 3.99. The van der Waals surface area contributed by atoms with E-state index in [0.717, 1.165) is 25.1 Å². The Bertz CT molecular complexity index is 312. The molecule has 2 rings (SSSR count). The third-order valence-electron chi connectivity index (χ3n) is 2.00. The SMILES string of the molecule is Clc1cc2c(c(Cl)n1)CCNC2. The molecule has 0 atom stereocenters. The number of fused-ring (bicyclic) bond motifs is 1. The second-order valence-corrected chi connectivity index (χ2v) is 3.55. The molecule has 0 fully saturated rings. The van der Waals surface area contributed by atoms with Crippen LogP contribution in [0.2, 0.25) is 10.3 Å². The summed E-state index contributed by atoms with van der Waals surface area (Å²) >= 11 is 11.7. The van der Waals surface area contributed by atoms with Gasteiger partial charge in [-0.3, -0.25) is 0 Å². The largest absolute Gasteiger partial charge is 0.312 e. The zero-order valence-electron chi connectivity index (χ0n) is 6.40. The Morgan fingerprint density at radius 3 is 3.08 bits per heavy atom. The van der Waals surface area contributed by atoms with Gasteiger partial charge >= 0.3 is 0 Å². The highest BCUT2D eigenvalue weighted by Crippen LogP contribution is 2.23. The molecule has 0 aromatic carbocycles. The summed E-state index contributed by atoms with van der Waals surface area (Å²) in [6.45, 7) is 1.81. The van der Waals surface area contributed by atoms with Crippen molar-refractivity contribution in [3.8, 4) is 0 Å². The average molecular weight is 203 g/mol. The van der Waals surface area contributed by atoms with Crippen LogP contribution in [-0.4, -0.2) is 11.5 Å². The van der Waals surface area contributed by atoms with E-state index in [1.54, 1.807) is 0 Å². The first-order chi connectivity index (χ1) is 5.77. The number of aromatic nitrogens is 1. The standard InChI is InChI=1S/C8H8Cl2N2/c9-7-3-5-4-11-2-1-6(5)8(10)12-7/h3,11H,1-2,4H2. The molecule has 0 unspecified atom stereocenters. The van der Waals surface area contributed by atoms with Crippen LogP contribution in [0.4, 0.5) is 0 Å². The molecule has 0 aliphatic carbocycles. The van der Waals surface area contributed by atoms with Gasteiger partial charge < -0.3 is 5.32 Å². The van der Waals surface area contributed by atoms with Gasteiger partial charge in [0, 0.05) is 6.54 Å². The van der Waals surface area contributed by atoms with Gasteiger partial charge in [-0.1, -0.05) is 23.2 Å². The van der Waals surface area contributed by atoms with Gasteiger partial charge in [-0.2, -0.15) is 0 Å². The summed E-state index contributed by atoms with van der Waals surface area (Å²) in [5.74, 6) is 0. The average Bonchev–Trinajstić information content (AvgIpc) is 2.04. The van der Waals surface area contributed by atoms with E-state index < -0.39 is 0 Å². The van der Waals surface area contributed by atoms with Crippen LogP contribution in [-0.2, 0) is 13.0 Å². The van der Waals surface area contributed by atoms with Gasteiger partial charge in [0.25, 0.3) is 0 Å². The Balaban J connectivity index is 2.53. The first-order valence-corrected chi connectivity index (χ1v) is 4.57. The quantitative estimate of drug-likeness (QED) is 0.652. The Labute approximate surface area is 80.9 Å². The highest BCUT2D eigenvalue weighted by Gasteiger charge is 2.13. The molecule has 0 amide bonds. The van der Waals surface area contributed by atoms with E-state index in [-0.39, 0.29) is 0 Å². The summed E-state index contributed by atoms with van der Waals surface area (Å²) in [6.07, 6.45) is 0.943. The molecule has 2 heterocycles. The number of rotatable bonds is 0. The normalized spacial score (nSPS) is 15.8. The Morgan fingerprint density at radius 2 is 2.25 bits per heavy atom. The lowest BCUT2D eigenvalue weighted by Crippen LogP contribution is -2.24. The minimum absolute atomic E-state index is 0.474. The number of hydrogen-bond donors (Lipinski definition) is 1. The molecule has 2 nitrogen and oxygen atoms in total. The number of nitrogens with one attached hydrogen (secondary N) is 1. The fourth-order valence-corrected chi connectivity index (χ4v) is 1.98. The van der Waals surface area contributed by atoms with Crippen molar-refractivity contribution in [2.45, 2.75) is 13.0 Å². The molecule has 0 bridgehead atoms. The van der Waals surface area contributed by atoms with Gasteiger partial charge in [-0.25, -0.2) is 4.98 Å². The van der Waals surface area contributed by atoms with Gasteiger partial charge in [-0.05, 0) is 30.2 Å². The third kappa shape index (κ3) is 1.42. The van der Waals surface area contributed by atoms with Crippen molar-refractivity contribution >= 4 is 23.2 Å². The van der Waals surface area contributed by atoms with Gasteiger partial charge in [0.15, 0.2) is 0 Å². The molecule has 1 aromatic rings. The Morgan fingerprint density at radius 1 is 1.42 bits per heavy atom. The molecular weight excluding hydrogens is 195 g/mol.